The predicted molar refractivity (Wildman–Crippen MR) is 74.4 cm³/mol. The van der Waals surface area contributed by atoms with E-state index in [1.54, 1.807) is 0 Å². The highest BCUT2D eigenvalue weighted by atomic mass is 15.1. The molecular weight excluding hydrogens is 208 g/mol. The molecule has 2 heteroatoms. The summed E-state index contributed by atoms with van der Waals surface area (Å²) in [4.78, 5) is 2.58. The molecule has 100 valence electrons. The minimum Gasteiger partial charge on any atom is -0.313 e. The molecule has 0 aromatic heterocycles. The average Bonchev–Trinajstić information content (AvgIpc) is 2.75. The van der Waals surface area contributed by atoms with Crippen LogP contribution in [0.25, 0.3) is 0 Å². The molecule has 2 saturated carbocycles. The molecule has 2 rings (SSSR count). The summed E-state index contributed by atoms with van der Waals surface area (Å²) in [6.45, 7) is 2.43. The van der Waals surface area contributed by atoms with Crippen molar-refractivity contribution in [2.45, 2.75) is 76.3 Å². The Morgan fingerprint density at radius 2 is 1.47 bits per heavy atom. The highest BCUT2D eigenvalue weighted by molar-refractivity contribution is 4.76. The molecule has 0 amide bonds. The first-order chi connectivity index (χ1) is 8.36. The molecule has 0 bridgehead atoms. The molecule has 0 saturated heterocycles. The third-order valence-corrected chi connectivity index (χ3v) is 4.70. The molecule has 0 aliphatic heterocycles. The van der Waals surface area contributed by atoms with E-state index in [1.165, 1.54) is 77.3 Å². The van der Waals surface area contributed by atoms with Crippen LogP contribution in [-0.4, -0.2) is 37.1 Å². The first kappa shape index (κ1) is 13.4. The van der Waals surface area contributed by atoms with Gasteiger partial charge in [0.25, 0.3) is 0 Å². The maximum absolute atomic E-state index is 3.77. The third kappa shape index (κ3) is 4.59. The van der Waals surface area contributed by atoms with Gasteiger partial charge in [-0.05, 0) is 32.7 Å². The van der Waals surface area contributed by atoms with Crippen LogP contribution in [0.5, 0.6) is 0 Å². The van der Waals surface area contributed by atoms with Crippen LogP contribution in [0, 0.1) is 0 Å². The van der Waals surface area contributed by atoms with Crippen molar-refractivity contribution in [1.29, 1.82) is 0 Å². The van der Waals surface area contributed by atoms with E-state index in [2.05, 4.69) is 17.3 Å². The van der Waals surface area contributed by atoms with E-state index in [9.17, 15) is 0 Å². The van der Waals surface area contributed by atoms with Gasteiger partial charge in [-0.25, -0.2) is 0 Å². The highest BCUT2D eigenvalue weighted by Crippen LogP contribution is 2.22. The van der Waals surface area contributed by atoms with E-state index < -0.39 is 0 Å². The summed E-state index contributed by atoms with van der Waals surface area (Å²) in [6, 6.07) is 1.69. The van der Waals surface area contributed by atoms with Crippen LogP contribution in [-0.2, 0) is 0 Å². The Labute approximate surface area is 107 Å². The first-order valence-corrected chi connectivity index (χ1v) is 7.80. The van der Waals surface area contributed by atoms with Crippen LogP contribution in [0.3, 0.4) is 0 Å². The quantitative estimate of drug-likeness (QED) is 0.740. The van der Waals surface area contributed by atoms with Crippen LogP contribution >= 0.6 is 0 Å². The normalized spacial score (nSPS) is 24.4. The molecule has 1 N–H and O–H groups in total. The van der Waals surface area contributed by atoms with Crippen LogP contribution in [0.15, 0.2) is 0 Å². The van der Waals surface area contributed by atoms with Gasteiger partial charge < -0.3 is 10.2 Å². The summed E-state index contributed by atoms with van der Waals surface area (Å²) < 4.78 is 0. The van der Waals surface area contributed by atoms with E-state index in [0.717, 1.165) is 12.1 Å². The largest absolute Gasteiger partial charge is 0.313 e. The second-order valence-corrected chi connectivity index (χ2v) is 6.06. The predicted octanol–water partition coefficient (Wildman–Crippen LogP) is 3.17. The average molecular weight is 238 g/mol. The maximum Gasteiger partial charge on any atom is 0.0107 e. The molecule has 2 aliphatic carbocycles. The number of likely N-dealkylation sites (N-methyl/N-ethyl adjacent to an activating group) is 1. The van der Waals surface area contributed by atoms with E-state index >= 15 is 0 Å². The molecule has 2 fully saturated rings. The molecule has 2 nitrogen and oxygen atoms in total. The van der Waals surface area contributed by atoms with Crippen LogP contribution in [0.1, 0.15) is 64.2 Å². The zero-order valence-corrected chi connectivity index (χ0v) is 11.6. The molecular formula is C15H30N2. The number of nitrogens with one attached hydrogen (secondary N) is 1. The lowest BCUT2D eigenvalue weighted by Gasteiger charge is -2.25. The van der Waals surface area contributed by atoms with Crippen LogP contribution in [0.2, 0.25) is 0 Å². The monoisotopic (exact) mass is 238 g/mol. The molecule has 17 heavy (non-hydrogen) atoms. The smallest absolute Gasteiger partial charge is 0.0107 e. The molecule has 0 aromatic rings. The van der Waals surface area contributed by atoms with Crippen molar-refractivity contribution in [3.05, 3.63) is 0 Å². The number of hydrogen-bond donors (Lipinski definition) is 1. The van der Waals surface area contributed by atoms with Gasteiger partial charge in [-0.2, -0.15) is 0 Å². The minimum absolute atomic E-state index is 0.814. The summed E-state index contributed by atoms with van der Waals surface area (Å²) in [7, 11) is 2.31. The number of nitrogens with zero attached hydrogens (tertiary/aromatic N) is 1. The molecule has 2 aliphatic rings. The first-order valence-electron chi connectivity index (χ1n) is 7.80. The topological polar surface area (TPSA) is 15.3 Å². The van der Waals surface area contributed by atoms with Crippen LogP contribution in [0.4, 0.5) is 0 Å². The summed E-state index contributed by atoms with van der Waals surface area (Å²) >= 11 is 0. The van der Waals surface area contributed by atoms with Gasteiger partial charge in [-0.1, -0.05) is 38.5 Å². The fourth-order valence-corrected chi connectivity index (χ4v) is 3.46. The zero-order valence-electron chi connectivity index (χ0n) is 11.6. The van der Waals surface area contributed by atoms with E-state index in [-0.39, 0.29) is 0 Å². The molecule has 0 aromatic carbocycles. The summed E-state index contributed by atoms with van der Waals surface area (Å²) in [5.41, 5.74) is 0. The Bertz CT molecular complexity index is 189. The van der Waals surface area contributed by atoms with Gasteiger partial charge in [-0.15, -0.1) is 0 Å². The van der Waals surface area contributed by atoms with Crippen molar-refractivity contribution >= 4 is 0 Å². The van der Waals surface area contributed by atoms with Crippen molar-refractivity contribution in [3.63, 3.8) is 0 Å². The van der Waals surface area contributed by atoms with Crippen molar-refractivity contribution in [3.8, 4) is 0 Å². The summed E-state index contributed by atoms with van der Waals surface area (Å²) in [6.07, 6.45) is 14.4. The standard InChI is InChI=1S/C15H30N2/c1-17(15-10-6-7-11-15)13-12-16-14-8-4-2-3-5-9-14/h14-16H,2-13H2,1H3. The molecule has 0 unspecified atom stereocenters. The second kappa shape index (κ2) is 7.38. The highest BCUT2D eigenvalue weighted by Gasteiger charge is 2.19. The molecule has 0 atom stereocenters. The lowest BCUT2D eigenvalue weighted by Crippen LogP contribution is -2.38. The van der Waals surface area contributed by atoms with Crippen molar-refractivity contribution in [2.24, 2.45) is 0 Å². The van der Waals surface area contributed by atoms with Crippen LogP contribution < -0.4 is 5.32 Å². The van der Waals surface area contributed by atoms with Gasteiger partial charge in [0.1, 0.15) is 0 Å². The SMILES string of the molecule is CN(CCNC1CCCCCC1)C1CCCC1. The van der Waals surface area contributed by atoms with Crippen molar-refractivity contribution in [2.75, 3.05) is 20.1 Å². The van der Waals surface area contributed by atoms with Crippen molar-refractivity contribution in [1.82, 2.24) is 10.2 Å². The van der Waals surface area contributed by atoms with Gasteiger partial charge in [0.2, 0.25) is 0 Å². The second-order valence-electron chi connectivity index (χ2n) is 6.06. The Morgan fingerprint density at radius 3 is 2.12 bits per heavy atom. The van der Waals surface area contributed by atoms with Gasteiger partial charge in [0.15, 0.2) is 0 Å². The Morgan fingerprint density at radius 1 is 0.882 bits per heavy atom. The van der Waals surface area contributed by atoms with Gasteiger partial charge in [0.05, 0.1) is 0 Å². The fraction of sp³-hybridized carbons (Fsp3) is 1.00. The lowest BCUT2D eigenvalue weighted by atomic mass is 10.1. The van der Waals surface area contributed by atoms with Gasteiger partial charge >= 0.3 is 0 Å². The van der Waals surface area contributed by atoms with E-state index in [4.69, 9.17) is 0 Å². The lowest BCUT2D eigenvalue weighted by molar-refractivity contribution is 0.240. The molecule has 0 radical (unpaired) electrons. The number of hydrogen-bond acceptors (Lipinski definition) is 2. The minimum atomic E-state index is 0.814. The Balaban J connectivity index is 1.57. The van der Waals surface area contributed by atoms with Crippen molar-refractivity contribution < 1.29 is 0 Å². The van der Waals surface area contributed by atoms with Gasteiger partial charge in [0, 0.05) is 25.2 Å². The Hall–Kier alpha value is -0.0800. The fourth-order valence-electron chi connectivity index (χ4n) is 3.46. The Kier molecular flexibility index (Phi) is 5.79. The third-order valence-electron chi connectivity index (χ3n) is 4.70. The molecule has 0 spiro atoms. The van der Waals surface area contributed by atoms with E-state index in [0.29, 0.717) is 0 Å². The maximum atomic E-state index is 3.77. The summed E-state index contributed by atoms with van der Waals surface area (Å²) in [5.74, 6) is 0. The van der Waals surface area contributed by atoms with E-state index in [1.807, 2.05) is 0 Å². The van der Waals surface area contributed by atoms with Gasteiger partial charge in [-0.3, -0.25) is 0 Å². The molecule has 0 heterocycles. The number of rotatable bonds is 5. The summed E-state index contributed by atoms with van der Waals surface area (Å²) in [5, 5.41) is 3.77. The zero-order chi connectivity index (χ0) is 11.9.